The summed E-state index contributed by atoms with van der Waals surface area (Å²) in [4.78, 5) is 24.4. The number of para-hydroxylation sites is 1. The van der Waals surface area contributed by atoms with E-state index in [1.165, 1.54) is 28.1 Å². The molecule has 6 heteroatoms. The van der Waals surface area contributed by atoms with Crippen molar-refractivity contribution < 1.29 is 4.79 Å². The number of rotatable bonds is 4. The molecule has 1 aromatic carbocycles. The van der Waals surface area contributed by atoms with Gasteiger partial charge >= 0.3 is 0 Å². The Hall–Kier alpha value is -1.76. The van der Waals surface area contributed by atoms with E-state index in [0.29, 0.717) is 24.4 Å². The Morgan fingerprint density at radius 2 is 2.03 bits per heavy atom. The number of nitrogens with zero attached hydrogens (tertiary/aromatic N) is 3. The number of aromatic nitrogens is 1. The number of hydrogen-bond donors (Lipinski definition) is 0. The third-order valence-corrected chi connectivity index (χ3v) is 9.15. The van der Waals surface area contributed by atoms with Gasteiger partial charge in [-0.15, -0.1) is 22.7 Å². The molecular formula is C24H27N3OS2. The lowest BCUT2D eigenvalue weighted by Gasteiger charge is -2.38. The van der Waals surface area contributed by atoms with Crippen LogP contribution in [0.5, 0.6) is 0 Å². The summed E-state index contributed by atoms with van der Waals surface area (Å²) in [7, 11) is 0. The van der Waals surface area contributed by atoms with Crippen LogP contribution in [0.25, 0.3) is 10.2 Å². The lowest BCUT2D eigenvalue weighted by Crippen LogP contribution is -2.47. The van der Waals surface area contributed by atoms with Gasteiger partial charge in [-0.3, -0.25) is 9.69 Å². The molecular weight excluding hydrogens is 410 g/mol. The maximum absolute atomic E-state index is 13.3. The summed E-state index contributed by atoms with van der Waals surface area (Å²) in [5.41, 5.74) is 2.60. The maximum atomic E-state index is 13.3. The molecule has 2 atom stereocenters. The summed E-state index contributed by atoms with van der Waals surface area (Å²) in [5.74, 6) is 1.44. The van der Waals surface area contributed by atoms with Crippen molar-refractivity contribution in [2.75, 3.05) is 26.2 Å². The fourth-order valence-electron chi connectivity index (χ4n) is 5.28. The Kier molecular flexibility index (Phi) is 4.89. The summed E-state index contributed by atoms with van der Waals surface area (Å²) in [6.07, 6.45) is 5.93. The van der Waals surface area contributed by atoms with Crippen molar-refractivity contribution >= 4 is 38.8 Å². The quantitative estimate of drug-likeness (QED) is 0.572. The Morgan fingerprint density at radius 3 is 2.90 bits per heavy atom. The number of carbonyl (C=O) groups is 1. The average molecular weight is 438 g/mol. The van der Waals surface area contributed by atoms with Gasteiger partial charge < -0.3 is 4.90 Å². The second kappa shape index (κ2) is 7.74. The van der Waals surface area contributed by atoms with E-state index in [-0.39, 0.29) is 0 Å². The van der Waals surface area contributed by atoms with Crippen LogP contribution in [0.3, 0.4) is 0 Å². The highest BCUT2D eigenvalue weighted by Crippen LogP contribution is 2.48. The van der Waals surface area contributed by atoms with E-state index in [4.69, 9.17) is 4.98 Å². The highest BCUT2D eigenvalue weighted by molar-refractivity contribution is 7.18. The molecule has 0 bridgehead atoms. The van der Waals surface area contributed by atoms with E-state index in [0.717, 1.165) is 50.3 Å². The molecule has 1 saturated heterocycles. The number of amides is 1. The van der Waals surface area contributed by atoms with Crippen LogP contribution in [-0.4, -0.2) is 46.9 Å². The second-order valence-corrected chi connectivity index (χ2v) is 11.1. The van der Waals surface area contributed by atoms with Gasteiger partial charge in [0.05, 0.1) is 21.8 Å². The summed E-state index contributed by atoms with van der Waals surface area (Å²) in [5, 5.41) is 3.43. The van der Waals surface area contributed by atoms with Crippen LogP contribution in [0.1, 0.15) is 53.1 Å². The predicted octanol–water partition coefficient (Wildman–Crippen LogP) is 5.07. The SMILES string of the molecule is O=C(CN1CCc2sccc2[C@H]1C1CC1)N1CCC[C@@H](c2nc3ccccc3s2)C1. The number of benzene rings is 1. The molecule has 2 aromatic heterocycles. The van der Waals surface area contributed by atoms with Crippen molar-refractivity contribution in [3.63, 3.8) is 0 Å². The smallest absolute Gasteiger partial charge is 0.236 e. The lowest BCUT2D eigenvalue weighted by atomic mass is 9.95. The molecule has 2 fully saturated rings. The summed E-state index contributed by atoms with van der Waals surface area (Å²) in [6, 6.07) is 11.1. The Labute approximate surface area is 185 Å². The molecule has 6 rings (SSSR count). The van der Waals surface area contributed by atoms with E-state index in [1.807, 2.05) is 11.3 Å². The third-order valence-electron chi connectivity index (χ3n) is 6.96. The lowest BCUT2D eigenvalue weighted by molar-refractivity contribution is -0.134. The predicted molar refractivity (Wildman–Crippen MR) is 123 cm³/mol. The molecule has 0 N–H and O–H groups in total. The molecule has 0 radical (unpaired) electrons. The van der Waals surface area contributed by atoms with Crippen LogP contribution in [0.15, 0.2) is 35.7 Å². The van der Waals surface area contributed by atoms with Gasteiger partial charge in [0.1, 0.15) is 0 Å². The van der Waals surface area contributed by atoms with Gasteiger partial charge in [0.15, 0.2) is 0 Å². The van der Waals surface area contributed by atoms with Crippen molar-refractivity contribution in [2.45, 2.75) is 44.1 Å². The molecule has 156 valence electrons. The highest BCUT2D eigenvalue weighted by Gasteiger charge is 2.41. The molecule has 30 heavy (non-hydrogen) atoms. The van der Waals surface area contributed by atoms with Gasteiger partial charge in [-0.1, -0.05) is 12.1 Å². The topological polar surface area (TPSA) is 36.4 Å². The molecule has 1 amide bonds. The maximum Gasteiger partial charge on any atom is 0.236 e. The summed E-state index contributed by atoms with van der Waals surface area (Å²) < 4.78 is 1.25. The molecule has 1 aliphatic carbocycles. The van der Waals surface area contributed by atoms with Crippen molar-refractivity contribution in [1.82, 2.24) is 14.8 Å². The molecule has 4 heterocycles. The average Bonchev–Trinajstić information content (AvgIpc) is 3.33. The van der Waals surface area contributed by atoms with Crippen LogP contribution in [0.4, 0.5) is 0 Å². The van der Waals surface area contributed by atoms with Gasteiger partial charge in [0.25, 0.3) is 0 Å². The zero-order chi connectivity index (χ0) is 20.1. The summed E-state index contributed by atoms with van der Waals surface area (Å²) >= 11 is 3.70. The number of piperidine rings is 1. The zero-order valence-corrected chi connectivity index (χ0v) is 18.8. The minimum atomic E-state index is 0.310. The largest absolute Gasteiger partial charge is 0.341 e. The molecule has 0 spiro atoms. The van der Waals surface area contributed by atoms with E-state index < -0.39 is 0 Å². The molecule has 4 nitrogen and oxygen atoms in total. The fourth-order valence-corrected chi connectivity index (χ4v) is 7.29. The van der Waals surface area contributed by atoms with Crippen LogP contribution in [-0.2, 0) is 11.2 Å². The Morgan fingerprint density at radius 1 is 1.13 bits per heavy atom. The van der Waals surface area contributed by atoms with E-state index >= 15 is 0 Å². The first-order chi connectivity index (χ1) is 14.8. The number of carbonyl (C=O) groups excluding carboxylic acids is 1. The van der Waals surface area contributed by atoms with Gasteiger partial charge in [0.2, 0.25) is 5.91 Å². The first-order valence-corrected chi connectivity index (χ1v) is 12.9. The van der Waals surface area contributed by atoms with Crippen molar-refractivity contribution in [3.8, 4) is 0 Å². The van der Waals surface area contributed by atoms with Gasteiger partial charge in [-0.05, 0) is 67.2 Å². The zero-order valence-electron chi connectivity index (χ0n) is 17.1. The van der Waals surface area contributed by atoms with Crippen molar-refractivity contribution in [2.24, 2.45) is 5.92 Å². The fraction of sp³-hybridized carbons (Fsp3) is 0.500. The highest BCUT2D eigenvalue weighted by atomic mass is 32.1. The van der Waals surface area contributed by atoms with Crippen LogP contribution < -0.4 is 0 Å². The molecule has 0 unspecified atom stereocenters. The third kappa shape index (κ3) is 3.49. The van der Waals surface area contributed by atoms with Crippen molar-refractivity contribution in [3.05, 3.63) is 51.2 Å². The number of thiazole rings is 1. The summed E-state index contributed by atoms with van der Waals surface area (Å²) in [6.45, 7) is 3.31. The van der Waals surface area contributed by atoms with Crippen LogP contribution in [0, 0.1) is 5.92 Å². The monoisotopic (exact) mass is 437 g/mol. The van der Waals surface area contributed by atoms with Gasteiger partial charge in [0, 0.05) is 36.5 Å². The number of thiophene rings is 1. The van der Waals surface area contributed by atoms with Gasteiger partial charge in [-0.2, -0.15) is 0 Å². The molecule has 3 aliphatic rings. The number of likely N-dealkylation sites (tertiary alicyclic amines) is 1. The van der Waals surface area contributed by atoms with Crippen LogP contribution in [0.2, 0.25) is 0 Å². The van der Waals surface area contributed by atoms with E-state index in [2.05, 4.69) is 45.5 Å². The van der Waals surface area contributed by atoms with E-state index in [9.17, 15) is 4.79 Å². The minimum Gasteiger partial charge on any atom is -0.341 e. The second-order valence-electron chi connectivity index (χ2n) is 9.00. The Balaban J connectivity index is 1.16. The molecule has 1 saturated carbocycles. The standard InChI is InChI=1S/C24H27N3OS2/c28-22(15-27-12-9-20-18(10-13-29-20)23(27)16-7-8-16)26-11-3-4-17(14-26)24-25-19-5-1-2-6-21(19)30-24/h1-2,5-6,10,13,16-17,23H,3-4,7-9,11-12,14-15H2/t17-,23-/m1/s1. The van der Waals surface area contributed by atoms with E-state index in [1.54, 1.807) is 16.2 Å². The number of fused-ring (bicyclic) bond motifs is 2. The molecule has 2 aliphatic heterocycles. The first-order valence-electron chi connectivity index (χ1n) is 11.2. The Bertz CT molecular complexity index is 1040. The molecule has 3 aromatic rings. The minimum absolute atomic E-state index is 0.310. The van der Waals surface area contributed by atoms with Gasteiger partial charge in [-0.25, -0.2) is 4.98 Å². The number of hydrogen-bond acceptors (Lipinski definition) is 5. The first kappa shape index (κ1) is 19.0. The van der Waals surface area contributed by atoms with Crippen LogP contribution >= 0.6 is 22.7 Å². The van der Waals surface area contributed by atoms with Crippen molar-refractivity contribution in [1.29, 1.82) is 0 Å². The normalized spacial score (nSPS) is 24.9.